The fourth-order valence-electron chi connectivity index (χ4n) is 2.94. The molecule has 0 radical (unpaired) electrons. The van der Waals surface area contributed by atoms with Gasteiger partial charge < -0.3 is 9.57 Å². The Bertz CT molecular complexity index is 1280. The summed E-state index contributed by atoms with van der Waals surface area (Å²) in [7, 11) is 0. The van der Waals surface area contributed by atoms with E-state index in [0.29, 0.717) is 21.9 Å². The third-order valence-corrected chi connectivity index (χ3v) is 4.76. The van der Waals surface area contributed by atoms with Crippen LogP contribution in [0.15, 0.2) is 83.5 Å². The number of carbonyl (C=O) groups is 2. The minimum atomic E-state index is -0.726. The highest BCUT2D eigenvalue weighted by Gasteiger charge is 2.26. The molecule has 1 heterocycles. The Morgan fingerprint density at radius 2 is 1.78 bits per heavy atom. The van der Waals surface area contributed by atoms with Gasteiger partial charge in [-0.3, -0.25) is 10.1 Å². The van der Waals surface area contributed by atoms with Crippen LogP contribution in [0.4, 0.5) is 5.69 Å². The molecule has 0 spiro atoms. The molecule has 3 aromatic carbocycles. The van der Waals surface area contributed by atoms with Crippen molar-refractivity contribution in [1.82, 2.24) is 0 Å². The molecule has 4 rings (SSSR count). The van der Waals surface area contributed by atoms with Gasteiger partial charge in [0.2, 0.25) is 0 Å². The Morgan fingerprint density at radius 1 is 1.06 bits per heavy atom. The lowest BCUT2D eigenvalue weighted by Gasteiger charge is -2.05. The van der Waals surface area contributed by atoms with E-state index in [1.807, 2.05) is 0 Å². The number of non-ortho nitro benzene ring substituents is 1. The van der Waals surface area contributed by atoms with Crippen molar-refractivity contribution in [3.63, 3.8) is 0 Å². The number of nitro benzene ring substituents is 1. The van der Waals surface area contributed by atoms with Gasteiger partial charge in [-0.1, -0.05) is 47.1 Å². The molecule has 32 heavy (non-hydrogen) atoms. The van der Waals surface area contributed by atoms with Crippen molar-refractivity contribution in [2.75, 3.05) is 0 Å². The maximum atomic E-state index is 12.3. The summed E-state index contributed by atoms with van der Waals surface area (Å²) in [6.45, 7) is 0. The number of oxime groups is 1. The average Bonchev–Trinajstić information content (AvgIpc) is 3.15. The number of rotatable bonds is 5. The lowest BCUT2D eigenvalue weighted by Crippen LogP contribution is -2.09. The Kier molecular flexibility index (Phi) is 5.78. The summed E-state index contributed by atoms with van der Waals surface area (Å²) in [6, 6.07) is 18.5. The van der Waals surface area contributed by atoms with E-state index in [-0.39, 0.29) is 22.6 Å². The van der Waals surface area contributed by atoms with Crippen LogP contribution in [0.1, 0.15) is 21.5 Å². The highest BCUT2D eigenvalue weighted by molar-refractivity contribution is 6.32. The van der Waals surface area contributed by atoms with Gasteiger partial charge in [0.05, 0.1) is 16.1 Å². The molecule has 0 saturated heterocycles. The maximum absolute atomic E-state index is 12.3. The monoisotopic (exact) mass is 448 g/mol. The van der Waals surface area contributed by atoms with E-state index in [1.54, 1.807) is 54.6 Å². The van der Waals surface area contributed by atoms with Gasteiger partial charge >= 0.3 is 11.9 Å². The zero-order chi connectivity index (χ0) is 22.7. The molecule has 0 amide bonds. The van der Waals surface area contributed by atoms with Crippen LogP contribution < -0.4 is 4.74 Å². The standard InChI is InChI=1S/C23H13ClN2O6/c24-17-8-6-15(7-9-17)21-20(23(28)32-25-21)12-14-4-10-19(11-5-14)31-22(27)16-2-1-3-18(13-16)26(29)30/h1-13H. The van der Waals surface area contributed by atoms with Gasteiger partial charge in [-0.15, -0.1) is 0 Å². The van der Waals surface area contributed by atoms with Crippen LogP contribution >= 0.6 is 11.6 Å². The number of ether oxygens (including phenoxy) is 1. The van der Waals surface area contributed by atoms with Crippen molar-refractivity contribution in [3.8, 4) is 5.75 Å². The number of esters is 1. The Labute approximate surface area is 186 Å². The summed E-state index contributed by atoms with van der Waals surface area (Å²) in [5, 5.41) is 15.3. The number of nitro groups is 1. The number of hydrogen-bond acceptors (Lipinski definition) is 7. The lowest BCUT2D eigenvalue weighted by atomic mass is 10.0. The van der Waals surface area contributed by atoms with E-state index < -0.39 is 16.9 Å². The second-order valence-electron chi connectivity index (χ2n) is 6.65. The van der Waals surface area contributed by atoms with Crippen molar-refractivity contribution in [3.05, 3.63) is 110 Å². The van der Waals surface area contributed by atoms with Crippen LogP contribution in [0.25, 0.3) is 6.08 Å². The minimum absolute atomic E-state index is 0.0583. The highest BCUT2D eigenvalue weighted by atomic mass is 35.5. The second kappa shape index (κ2) is 8.83. The van der Waals surface area contributed by atoms with Crippen LogP contribution in [0.3, 0.4) is 0 Å². The van der Waals surface area contributed by atoms with Crippen LogP contribution in [-0.2, 0) is 9.63 Å². The molecule has 0 unspecified atom stereocenters. The zero-order valence-electron chi connectivity index (χ0n) is 16.2. The normalized spacial score (nSPS) is 14.1. The molecular weight excluding hydrogens is 436 g/mol. The third kappa shape index (κ3) is 4.55. The molecule has 1 aliphatic rings. The first kappa shape index (κ1) is 21.0. The van der Waals surface area contributed by atoms with Crippen LogP contribution in [0.2, 0.25) is 5.02 Å². The van der Waals surface area contributed by atoms with Gasteiger partial charge in [0.25, 0.3) is 5.69 Å². The zero-order valence-corrected chi connectivity index (χ0v) is 17.0. The predicted octanol–water partition coefficient (Wildman–Crippen LogP) is 4.81. The average molecular weight is 449 g/mol. The molecule has 0 aliphatic carbocycles. The van der Waals surface area contributed by atoms with Crippen molar-refractivity contribution in [1.29, 1.82) is 0 Å². The predicted molar refractivity (Wildman–Crippen MR) is 117 cm³/mol. The number of nitrogens with zero attached hydrogens (tertiary/aromatic N) is 2. The van der Waals surface area contributed by atoms with E-state index in [9.17, 15) is 19.7 Å². The van der Waals surface area contributed by atoms with Crippen LogP contribution in [0, 0.1) is 10.1 Å². The molecule has 0 N–H and O–H groups in total. The number of hydrogen-bond donors (Lipinski definition) is 0. The summed E-state index contributed by atoms with van der Waals surface area (Å²) in [5.74, 6) is -1.07. The number of carbonyl (C=O) groups excluding carboxylic acids is 2. The molecule has 158 valence electrons. The summed E-state index contributed by atoms with van der Waals surface area (Å²) in [5.41, 5.74) is 1.83. The molecule has 1 aliphatic heterocycles. The number of halogens is 1. The Morgan fingerprint density at radius 3 is 2.47 bits per heavy atom. The topological polar surface area (TPSA) is 108 Å². The summed E-state index contributed by atoms with van der Waals surface area (Å²) in [6.07, 6.45) is 1.61. The van der Waals surface area contributed by atoms with Gasteiger partial charge in [0, 0.05) is 22.7 Å². The SMILES string of the molecule is O=C1ON=C(c2ccc(Cl)cc2)C1=Cc1ccc(OC(=O)c2cccc([N+](=O)[O-])c2)cc1. The molecule has 3 aromatic rings. The van der Waals surface area contributed by atoms with Crippen LogP contribution in [0.5, 0.6) is 5.75 Å². The fourth-order valence-corrected chi connectivity index (χ4v) is 3.06. The van der Waals surface area contributed by atoms with E-state index in [1.165, 1.54) is 18.2 Å². The third-order valence-electron chi connectivity index (χ3n) is 4.51. The van der Waals surface area contributed by atoms with Gasteiger partial charge in [-0.05, 0) is 42.0 Å². The smallest absolute Gasteiger partial charge is 0.368 e. The van der Waals surface area contributed by atoms with Gasteiger partial charge in [-0.2, -0.15) is 0 Å². The Balaban J connectivity index is 1.51. The quantitative estimate of drug-likeness (QED) is 0.138. The summed E-state index contributed by atoms with van der Waals surface area (Å²) < 4.78 is 5.27. The molecule has 0 bridgehead atoms. The van der Waals surface area contributed by atoms with Crippen molar-refractivity contribution < 1.29 is 24.1 Å². The minimum Gasteiger partial charge on any atom is -0.423 e. The van der Waals surface area contributed by atoms with Crippen LogP contribution in [-0.4, -0.2) is 22.6 Å². The molecule has 9 heteroatoms. The first-order valence-corrected chi connectivity index (χ1v) is 9.62. The van der Waals surface area contributed by atoms with E-state index >= 15 is 0 Å². The second-order valence-corrected chi connectivity index (χ2v) is 7.09. The molecular formula is C23H13ClN2O6. The van der Waals surface area contributed by atoms with Crippen molar-refractivity contribution in [2.24, 2.45) is 5.16 Å². The van der Waals surface area contributed by atoms with Gasteiger partial charge in [0.1, 0.15) is 11.5 Å². The molecule has 0 atom stereocenters. The summed E-state index contributed by atoms with van der Waals surface area (Å²) >= 11 is 5.91. The fraction of sp³-hybridized carbons (Fsp3) is 0. The molecule has 0 fully saturated rings. The molecule has 8 nitrogen and oxygen atoms in total. The van der Waals surface area contributed by atoms with E-state index in [4.69, 9.17) is 21.2 Å². The largest absolute Gasteiger partial charge is 0.423 e. The summed E-state index contributed by atoms with van der Waals surface area (Å²) in [4.78, 5) is 39.5. The Hall–Kier alpha value is -4.30. The first-order chi connectivity index (χ1) is 15.4. The van der Waals surface area contributed by atoms with E-state index in [0.717, 1.165) is 6.07 Å². The van der Waals surface area contributed by atoms with Gasteiger partial charge in [0.15, 0.2) is 0 Å². The van der Waals surface area contributed by atoms with Gasteiger partial charge in [-0.25, -0.2) is 9.59 Å². The maximum Gasteiger partial charge on any atom is 0.368 e. The lowest BCUT2D eigenvalue weighted by molar-refractivity contribution is -0.384. The van der Waals surface area contributed by atoms with Crippen molar-refractivity contribution in [2.45, 2.75) is 0 Å². The highest BCUT2D eigenvalue weighted by Crippen LogP contribution is 2.23. The molecule has 0 aromatic heterocycles. The van der Waals surface area contributed by atoms with Crippen molar-refractivity contribution >= 4 is 41.0 Å². The first-order valence-electron chi connectivity index (χ1n) is 9.25. The number of benzene rings is 3. The van der Waals surface area contributed by atoms with E-state index in [2.05, 4.69) is 5.16 Å². The molecule has 0 saturated carbocycles.